The summed E-state index contributed by atoms with van der Waals surface area (Å²) in [5, 5.41) is 22.3. The molecular formula is C34H36ClN3O6. The van der Waals surface area contributed by atoms with Gasteiger partial charge in [0.1, 0.15) is 34.3 Å². The van der Waals surface area contributed by atoms with Crippen LogP contribution >= 0.6 is 11.6 Å². The minimum Gasteiger partial charge on any atom is -0.507 e. The fourth-order valence-corrected chi connectivity index (χ4v) is 6.68. The van der Waals surface area contributed by atoms with Crippen LogP contribution in [0.15, 0.2) is 64.1 Å². The van der Waals surface area contributed by atoms with E-state index in [1.165, 1.54) is 6.07 Å². The number of fused-ring (bicyclic) bond motifs is 1. The molecule has 10 heteroatoms. The molecule has 2 fully saturated rings. The number of rotatable bonds is 5. The smallest absolute Gasteiger partial charge is 0.312 e. The predicted molar refractivity (Wildman–Crippen MR) is 170 cm³/mol. The molecule has 2 aromatic carbocycles. The van der Waals surface area contributed by atoms with E-state index in [1.54, 1.807) is 24.3 Å². The highest BCUT2D eigenvalue weighted by atomic mass is 35.5. The van der Waals surface area contributed by atoms with E-state index in [2.05, 4.69) is 20.9 Å². The highest BCUT2D eigenvalue weighted by Gasteiger charge is 2.43. The number of phenolic OH excluding ortho intramolecular Hbond substituents is 2. The quantitative estimate of drug-likeness (QED) is 0.265. The molecule has 0 spiro atoms. The van der Waals surface area contributed by atoms with Crippen LogP contribution in [0.2, 0.25) is 5.02 Å². The summed E-state index contributed by atoms with van der Waals surface area (Å²) in [5.74, 6) is -1.17. The summed E-state index contributed by atoms with van der Waals surface area (Å²) in [6.07, 6.45) is 4.83. The Morgan fingerprint density at radius 1 is 1.09 bits per heavy atom. The number of benzene rings is 2. The van der Waals surface area contributed by atoms with Crippen LogP contribution < -0.4 is 10.3 Å². The number of esters is 1. The molecule has 0 aliphatic carbocycles. The molecule has 6 rings (SSSR count). The minimum absolute atomic E-state index is 0.0393. The van der Waals surface area contributed by atoms with Crippen LogP contribution in [-0.2, 0) is 9.53 Å². The maximum Gasteiger partial charge on any atom is 0.312 e. The van der Waals surface area contributed by atoms with Crippen molar-refractivity contribution in [2.45, 2.75) is 45.1 Å². The topological polar surface area (TPSA) is 116 Å². The van der Waals surface area contributed by atoms with Gasteiger partial charge < -0.3 is 29.2 Å². The summed E-state index contributed by atoms with van der Waals surface area (Å²) < 4.78 is 12.6. The van der Waals surface area contributed by atoms with Gasteiger partial charge in [-0.15, -0.1) is 0 Å². The first-order chi connectivity index (χ1) is 21.0. The molecule has 0 saturated carbocycles. The standard InChI is InChI=1S/C34H36ClN3O6/c1-20-14-21(18-36-17-20)38-12-9-34(2,10-13-38)33(42)44-29-19-37(3)11-8-23(29)30-25(39)15-26(40)31-27(41)16-28(43-32(30)31)22-6-4-5-7-24(22)35/h4-7,14-18,23,29,39-40H,8-13,19H2,1-3H3/t23-,29+/m0/s1. The number of aryl methyl sites for hydroxylation is 1. The number of pyridine rings is 1. The summed E-state index contributed by atoms with van der Waals surface area (Å²) in [6, 6.07) is 11.5. The Hall–Kier alpha value is -4.08. The summed E-state index contributed by atoms with van der Waals surface area (Å²) in [5.41, 5.74) is 1.88. The van der Waals surface area contributed by atoms with Gasteiger partial charge in [0.25, 0.3) is 0 Å². The molecule has 2 atom stereocenters. The first-order valence-corrected chi connectivity index (χ1v) is 15.3. The van der Waals surface area contributed by atoms with Crippen LogP contribution in [0.1, 0.15) is 43.2 Å². The average molecular weight is 618 g/mol. The molecule has 4 aromatic rings. The Balaban J connectivity index is 1.32. The molecule has 44 heavy (non-hydrogen) atoms. The molecule has 2 saturated heterocycles. The molecule has 0 radical (unpaired) electrons. The maximum absolute atomic E-state index is 13.8. The number of likely N-dealkylation sites (tertiary alicyclic amines) is 1. The molecule has 2 aliphatic rings. The number of ether oxygens (including phenoxy) is 1. The van der Waals surface area contributed by atoms with E-state index >= 15 is 0 Å². The first kappa shape index (κ1) is 30.0. The number of aromatic hydroxyl groups is 2. The summed E-state index contributed by atoms with van der Waals surface area (Å²) in [6.45, 7) is 6.46. The summed E-state index contributed by atoms with van der Waals surface area (Å²) >= 11 is 6.42. The second-order valence-corrected chi connectivity index (χ2v) is 12.8. The Morgan fingerprint density at radius 3 is 2.57 bits per heavy atom. The number of aromatic nitrogens is 1. The minimum atomic E-state index is -0.683. The zero-order valence-electron chi connectivity index (χ0n) is 25.0. The lowest BCUT2D eigenvalue weighted by Crippen LogP contribution is -2.48. The lowest BCUT2D eigenvalue weighted by atomic mass is 9.79. The fourth-order valence-electron chi connectivity index (χ4n) is 6.45. The molecule has 4 heterocycles. The number of carbonyl (C=O) groups excluding carboxylic acids is 1. The van der Waals surface area contributed by atoms with E-state index in [0.29, 0.717) is 61.6 Å². The van der Waals surface area contributed by atoms with Crippen molar-refractivity contribution in [3.63, 3.8) is 0 Å². The van der Waals surface area contributed by atoms with E-state index < -0.39 is 22.9 Å². The molecule has 2 aliphatic heterocycles. The van der Waals surface area contributed by atoms with Crippen molar-refractivity contribution < 1.29 is 24.2 Å². The highest BCUT2D eigenvalue weighted by molar-refractivity contribution is 6.33. The molecule has 0 unspecified atom stereocenters. The van der Waals surface area contributed by atoms with Crippen LogP contribution in [0, 0.1) is 12.3 Å². The van der Waals surface area contributed by atoms with Gasteiger partial charge >= 0.3 is 5.97 Å². The second-order valence-electron chi connectivity index (χ2n) is 12.4. The number of hydrogen-bond acceptors (Lipinski definition) is 9. The molecule has 9 nitrogen and oxygen atoms in total. The molecule has 230 valence electrons. The van der Waals surface area contributed by atoms with Gasteiger partial charge in [-0.25, -0.2) is 0 Å². The van der Waals surface area contributed by atoms with E-state index in [1.807, 2.05) is 33.3 Å². The number of likely N-dealkylation sites (N-methyl/N-ethyl adjacent to an activating group) is 1. The molecule has 2 aromatic heterocycles. The van der Waals surface area contributed by atoms with Crippen molar-refractivity contribution in [3.8, 4) is 22.8 Å². The first-order valence-electron chi connectivity index (χ1n) is 14.9. The van der Waals surface area contributed by atoms with Crippen LogP contribution in [0.4, 0.5) is 5.69 Å². The predicted octanol–water partition coefficient (Wildman–Crippen LogP) is 5.87. The molecule has 0 amide bonds. The number of anilines is 1. The van der Waals surface area contributed by atoms with Crippen molar-refractivity contribution in [2.75, 3.05) is 38.1 Å². The van der Waals surface area contributed by atoms with Crippen molar-refractivity contribution in [3.05, 3.63) is 81.2 Å². The Morgan fingerprint density at radius 2 is 1.84 bits per heavy atom. The second kappa shape index (κ2) is 11.8. The van der Waals surface area contributed by atoms with Gasteiger partial charge in [0, 0.05) is 55.0 Å². The lowest BCUT2D eigenvalue weighted by molar-refractivity contribution is -0.165. The fraction of sp³-hybridized carbons (Fsp3) is 0.382. The summed E-state index contributed by atoms with van der Waals surface area (Å²) in [4.78, 5) is 35.8. The molecule has 2 N–H and O–H groups in total. The van der Waals surface area contributed by atoms with E-state index in [-0.39, 0.29) is 34.2 Å². The van der Waals surface area contributed by atoms with Gasteiger partial charge in [0.15, 0.2) is 5.43 Å². The number of phenols is 2. The number of nitrogens with zero attached hydrogens (tertiary/aromatic N) is 3. The van der Waals surface area contributed by atoms with E-state index in [0.717, 1.165) is 17.3 Å². The van der Waals surface area contributed by atoms with E-state index in [4.69, 9.17) is 20.8 Å². The Bertz CT molecular complexity index is 1780. The SMILES string of the molecule is Cc1cncc(N2CCC(C)(C(=O)O[C@@H]3CN(C)CC[C@@H]3c3c(O)cc(O)c4c(=O)cc(-c5ccccc5Cl)oc34)CC2)c1. The van der Waals surface area contributed by atoms with Crippen LogP contribution in [-0.4, -0.2) is 65.4 Å². The van der Waals surface area contributed by atoms with Crippen LogP contribution in [0.3, 0.4) is 0 Å². The van der Waals surface area contributed by atoms with Crippen molar-refractivity contribution in [1.29, 1.82) is 0 Å². The normalized spacial score (nSPS) is 20.5. The van der Waals surface area contributed by atoms with Crippen LogP contribution in [0.5, 0.6) is 11.5 Å². The Labute approximate surface area is 260 Å². The number of halogens is 1. The number of piperidine rings is 2. The molecular weight excluding hydrogens is 582 g/mol. The highest BCUT2D eigenvalue weighted by Crippen LogP contribution is 2.44. The van der Waals surface area contributed by atoms with Gasteiger partial charge in [0.2, 0.25) is 0 Å². The van der Waals surface area contributed by atoms with Gasteiger partial charge in [-0.1, -0.05) is 23.7 Å². The monoisotopic (exact) mass is 617 g/mol. The summed E-state index contributed by atoms with van der Waals surface area (Å²) in [7, 11) is 1.96. The van der Waals surface area contributed by atoms with Gasteiger partial charge in [0.05, 0.1) is 22.3 Å². The zero-order valence-corrected chi connectivity index (χ0v) is 25.8. The van der Waals surface area contributed by atoms with Gasteiger partial charge in [-0.2, -0.15) is 0 Å². The van der Waals surface area contributed by atoms with E-state index in [9.17, 15) is 19.8 Å². The lowest BCUT2D eigenvalue weighted by Gasteiger charge is -2.41. The third-order valence-electron chi connectivity index (χ3n) is 9.11. The number of carbonyl (C=O) groups is 1. The van der Waals surface area contributed by atoms with Crippen LogP contribution in [0.25, 0.3) is 22.3 Å². The molecule has 0 bridgehead atoms. The van der Waals surface area contributed by atoms with Gasteiger partial charge in [-0.3, -0.25) is 14.6 Å². The number of hydrogen-bond donors (Lipinski definition) is 2. The third-order valence-corrected chi connectivity index (χ3v) is 9.44. The average Bonchev–Trinajstić information content (AvgIpc) is 2.98. The third kappa shape index (κ3) is 5.62. The van der Waals surface area contributed by atoms with Crippen molar-refractivity contribution in [1.82, 2.24) is 9.88 Å². The van der Waals surface area contributed by atoms with Crippen molar-refractivity contribution >= 4 is 34.2 Å². The van der Waals surface area contributed by atoms with Gasteiger partial charge in [-0.05, 0) is 70.5 Å². The Kier molecular flexibility index (Phi) is 8.02. The largest absolute Gasteiger partial charge is 0.507 e. The van der Waals surface area contributed by atoms with Crippen molar-refractivity contribution in [2.24, 2.45) is 5.41 Å². The maximum atomic E-state index is 13.8. The zero-order chi connectivity index (χ0) is 31.2.